The zero-order valence-corrected chi connectivity index (χ0v) is 21.4. The number of anilines is 3. The molecule has 1 aliphatic carbocycles. The summed E-state index contributed by atoms with van der Waals surface area (Å²) in [6.07, 6.45) is 5.16. The summed E-state index contributed by atoms with van der Waals surface area (Å²) in [5, 5.41) is 2.82. The Hall–Kier alpha value is -2.82. The van der Waals surface area contributed by atoms with Gasteiger partial charge in [-0.15, -0.1) is 0 Å². The maximum absolute atomic E-state index is 13.6. The minimum absolute atomic E-state index is 0.136. The number of hydrogen-bond donors (Lipinski definition) is 1. The number of amides is 1. The molecule has 0 radical (unpaired) electrons. The molecule has 1 amide bonds. The molecule has 0 bridgehead atoms. The molecule has 0 atom stereocenters. The molecular weight excluding hydrogens is 488 g/mol. The zero-order chi connectivity index (χ0) is 25.7. The Labute approximate surface area is 210 Å². The number of carbonyl (C=O) groups excluding carboxylic acids is 1. The van der Waals surface area contributed by atoms with Gasteiger partial charge in [0.2, 0.25) is 5.95 Å². The molecule has 1 spiro atoms. The van der Waals surface area contributed by atoms with Gasteiger partial charge in [-0.05, 0) is 56.2 Å². The van der Waals surface area contributed by atoms with E-state index in [4.69, 9.17) is 0 Å². The average molecular weight is 520 g/mol. The summed E-state index contributed by atoms with van der Waals surface area (Å²) in [6, 6.07) is 6.21. The molecule has 1 N–H and O–H groups in total. The first-order chi connectivity index (χ1) is 16.9. The van der Waals surface area contributed by atoms with E-state index in [0.29, 0.717) is 28.3 Å². The molecule has 1 aromatic heterocycles. The van der Waals surface area contributed by atoms with E-state index in [1.165, 1.54) is 18.9 Å². The monoisotopic (exact) mass is 519 g/mol. The summed E-state index contributed by atoms with van der Waals surface area (Å²) >= 11 is 0. The number of carbonyl (C=O) groups is 1. The number of halogens is 2. The van der Waals surface area contributed by atoms with Gasteiger partial charge in [-0.25, -0.2) is 22.2 Å². The fraction of sp³-hybridized carbons (Fsp3) is 0.560. The topological polar surface area (TPSA) is 95.5 Å². The van der Waals surface area contributed by atoms with Gasteiger partial charge in [-0.3, -0.25) is 4.79 Å². The molecular formula is C25H31F2N5O3S. The highest BCUT2D eigenvalue weighted by Gasteiger charge is 2.44. The van der Waals surface area contributed by atoms with E-state index in [1.807, 2.05) is 0 Å². The average Bonchev–Trinajstić information content (AvgIpc) is 3.57. The van der Waals surface area contributed by atoms with Gasteiger partial charge in [0.05, 0.1) is 16.1 Å². The first-order valence-corrected chi connectivity index (χ1v) is 14.2. The largest absolute Gasteiger partial charge is 0.371 e. The lowest BCUT2D eigenvalue weighted by atomic mass is 9.93. The number of sulfone groups is 1. The molecule has 5 rings (SSSR count). The lowest BCUT2D eigenvalue weighted by Gasteiger charge is -2.35. The minimum Gasteiger partial charge on any atom is -0.371 e. The van der Waals surface area contributed by atoms with Crippen LogP contribution in [0.2, 0.25) is 0 Å². The van der Waals surface area contributed by atoms with Crippen LogP contribution in [0.3, 0.4) is 0 Å². The van der Waals surface area contributed by atoms with Gasteiger partial charge in [-0.2, -0.15) is 4.98 Å². The van der Waals surface area contributed by atoms with Crippen molar-refractivity contribution in [3.05, 3.63) is 35.5 Å². The molecule has 2 aromatic rings. The number of piperidine rings is 2. The molecule has 2 aliphatic heterocycles. The van der Waals surface area contributed by atoms with Crippen molar-refractivity contribution in [3.63, 3.8) is 0 Å². The van der Waals surface area contributed by atoms with Gasteiger partial charge in [-0.1, -0.05) is 0 Å². The molecule has 1 saturated carbocycles. The second-order valence-electron chi connectivity index (χ2n) is 10.4. The molecule has 0 unspecified atom stereocenters. The second kappa shape index (κ2) is 8.93. The molecule has 36 heavy (non-hydrogen) atoms. The lowest BCUT2D eigenvalue weighted by molar-refractivity contribution is -0.0222. The van der Waals surface area contributed by atoms with Crippen LogP contribution >= 0.6 is 0 Å². The smallest absolute Gasteiger partial charge is 0.258 e. The Morgan fingerprint density at radius 1 is 0.944 bits per heavy atom. The summed E-state index contributed by atoms with van der Waals surface area (Å²) in [4.78, 5) is 26.2. The molecule has 2 saturated heterocycles. The zero-order valence-electron chi connectivity index (χ0n) is 20.6. The van der Waals surface area contributed by atoms with E-state index in [1.54, 1.807) is 30.0 Å². The third-order valence-corrected chi connectivity index (χ3v) is 8.74. The SMILES string of the molecule is Cc1cc(NC(=O)c2ccc(S(C)(=O)=O)cc2N2CCC3(CC2)CC3)nc(N2CCC(F)(F)CC2)n1. The van der Waals surface area contributed by atoms with Crippen LogP contribution in [-0.2, 0) is 9.84 Å². The van der Waals surface area contributed by atoms with Crippen molar-refractivity contribution in [2.75, 3.05) is 47.6 Å². The van der Waals surface area contributed by atoms with Crippen LogP contribution in [0.15, 0.2) is 29.2 Å². The fourth-order valence-electron chi connectivity index (χ4n) is 5.07. The standard InChI is InChI=1S/C25H31F2N5O3S/c1-17-15-21(30-23(28-17)32-13-9-25(26,27)10-14-32)29-22(33)19-4-3-18(36(2,34)35)16-20(19)31-11-7-24(5-6-24)8-12-31/h3-4,15-16H,5-14H2,1-2H3,(H,28,29,30,33). The van der Waals surface area contributed by atoms with E-state index in [-0.39, 0.29) is 36.6 Å². The highest BCUT2D eigenvalue weighted by atomic mass is 32.2. The van der Waals surface area contributed by atoms with Crippen LogP contribution in [0, 0.1) is 12.3 Å². The number of nitrogens with one attached hydrogen (secondary N) is 1. The van der Waals surface area contributed by atoms with Crippen LogP contribution in [0.5, 0.6) is 0 Å². The number of aromatic nitrogens is 2. The third kappa shape index (κ3) is 5.30. The molecule has 8 nitrogen and oxygen atoms in total. The highest BCUT2D eigenvalue weighted by molar-refractivity contribution is 7.90. The molecule has 1 aromatic carbocycles. The van der Waals surface area contributed by atoms with Crippen LogP contribution < -0.4 is 15.1 Å². The molecule has 11 heteroatoms. The molecule has 194 valence electrons. The number of benzene rings is 1. The maximum atomic E-state index is 13.6. The Bertz CT molecular complexity index is 1280. The predicted molar refractivity (Wildman–Crippen MR) is 134 cm³/mol. The van der Waals surface area contributed by atoms with Crippen molar-refractivity contribution in [1.29, 1.82) is 0 Å². The third-order valence-electron chi connectivity index (χ3n) is 7.63. The number of alkyl halides is 2. The number of rotatable bonds is 5. The summed E-state index contributed by atoms with van der Waals surface area (Å²) < 4.78 is 51.6. The highest BCUT2D eigenvalue weighted by Crippen LogP contribution is 2.54. The van der Waals surface area contributed by atoms with E-state index in [2.05, 4.69) is 20.2 Å². The maximum Gasteiger partial charge on any atom is 0.258 e. The van der Waals surface area contributed by atoms with Gasteiger partial charge in [0.25, 0.3) is 11.8 Å². The Morgan fingerprint density at radius 2 is 1.58 bits per heavy atom. The molecule has 3 heterocycles. The quantitative estimate of drug-likeness (QED) is 0.637. The van der Waals surface area contributed by atoms with Crippen LogP contribution in [-0.4, -0.2) is 62.7 Å². The van der Waals surface area contributed by atoms with Gasteiger partial charge in [0.1, 0.15) is 5.82 Å². The number of nitrogens with zero attached hydrogens (tertiary/aromatic N) is 4. The summed E-state index contributed by atoms with van der Waals surface area (Å²) in [6.45, 7) is 3.57. The van der Waals surface area contributed by atoms with E-state index in [0.717, 1.165) is 32.2 Å². The first kappa shape index (κ1) is 24.9. The summed E-state index contributed by atoms with van der Waals surface area (Å²) in [5.74, 6) is -2.52. The van der Waals surface area contributed by atoms with Crippen molar-refractivity contribution >= 4 is 33.2 Å². The lowest BCUT2D eigenvalue weighted by Crippen LogP contribution is -2.40. The van der Waals surface area contributed by atoms with Crippen LogP contribution in [0.1, 0.15) is 54.6 Å². The number of hydrogen-bond acceptors (Lipinski definition) is 7. The van der Waals surface area contributed by atoms with Crippen molar-refractivity contribution in [1.82, 2.24) is 9.97 Å². The van der Waals surface area contributed by atoms with Crippen molar-refractivity contribution in [3.8, 4) is 0 Å². The van der Waals surface area contributed by atoms with Crippen LogP contribution in [0.4, 0.5) is 26.2 Å². The van der Waals surface area contributed by atoms with E-state index < -0.39 is 21.7 Å². The first-order valence-electron chi connectivity index (χ1n) is 12.3. The van der Waals surface area contributed by atoms with Crippen molar-refractivity contribution in [2.24, 2.45) is 5.41 Å². The summed E-state index contributed by atoms with van der Waals surface area (Å²) in [7, 11) is -3.45. The number of aryl methyl sites for hydroxylation is 1. The van der Waals surface area contributed by atoms with Crippen molar-refractivity contribution < 1.29 is 22.0 Å². The van der Waals surface area contributed by atoms with Gasteiger partial charge in [0, 0.05) is 57.0 Å². The molecule has 3 aliphatic rings. The second-order valence-corrected chi connectivity index (χ2v) is 12.4. The normalized spacial score (nSPS) is 20.9. The van der Waals surface area contributed by atoms with Gasteiger partial charge < -0.3 is 15.1 Å². The Balaban J connectivity index is 1.40. The predicted octanol–water partition coefficient (Wildman–Crippen LogP) is 4.06. The fourth-order valence-corrected chi connectivity index (χ4v) is 5.71. The van der Waals surface area contributed by atoms with E-state index >= 15 is 0 Å². The van der Waals surface area contributed by atoms with E-state index in [9.17, 15) is 22.0 Å². The Morgan fingerprint density at radius 3 is 2.19 bits per heavy atom. The van der Waals surface area contributed by atoms with Crippen LogP contribution in [0.25, 0.3) is 0 Å². The van der Waals surface area contributed by atoms with Gasteiger partial charge in [0.15, 0.2) is 9.84 Å². The minimum atomic E-state index is -3.45. The van der Waals surface area contributed by atoms with Gasteiger partial charge >= 0.3 is 0 Å². The Kier molecular flexibility index (Phi) is 6.17. The summed E-state index contributed by atoms with van der Waals surface area (Å²) in [5.41, 5.74) is 1.99. The molecule has 3 fully saturated rings. The van der Waals surface area contributed by atoms with Crippen molar-refractivity contribution in [2.45, 2.75) is 56.3 Å².